The van der Waals surface area contributed by atoms with Gasteiger partial charge in [-0.1, -0.05) is 110 Å². The maximum atomic E-state index is 10.9. The van der Waals surface area contributed by atoms with Gasteiger partial charge >= 0.3 is 0 Å². The SMILES string of the molecule is [2H]CCCCCCCCCCCCCCCCCC[C@](O)([C@H](O)[C@H](O)CO)[C@@H](O)C=O. The van der Waals surface area contributed by atoms with Crippen LogP contribution in [-0.2, 0) is 4.79 Å². The normalized spacial score (nSPS) is 17.2. The molecule has 0 unspecified atom stereocenters. The summed E-state index contributed by atoms with van der Waals surface area (Å²) in [6, 6.07) is 0. The average Bonchev–Trinajstić information content (AvgIpc) is 2.79. The molecule has 0 saturated carbocycles. The van der Waals surface area contributed by atoms with Crippen molar-refractivity contribution in [1.82, 2.24) is 0 Å². The Labute approximate surface area is 185 Å². The Kier molecular flexibility index (Phi) is 17.6. The molecule has 0 aliphatic rings. The first-order chi connectivity index (χ1) is 14.9. The Morgan fingerprint density at radius 2 is 1.17 bits per heavy atom. The van der Waals surface area contributed by atoms with Crippen molar-refractivity contribution in [3.05, 3.63) is 0 Å². The van der Waals surface area contributed by atoms with Crippen LogP contribution in [0.15, 0.2) is 0 Å². The third-order valence-corrected chi connectivity index (χ3v) is 6.03. The second kappa shape index (κ2) is 19.2. The van der Waals surface area contributed by atoms with Gasteiger partial charge < -0.3 is 30.3 Å². The Hall–Kier alpha value is -0.530. The molecule has 4 atom stereocenters. The van der Waals surface area contributed by atoms with E-state index in [-0.39, 0.29) is 12.7 Å². The minimum atomic E-state index is -2.15. The van der Waals surface area contributed by atoms with Gasteiger partial charge in [0, 0.05) is 1.37 Å². The highest BCUT2D eigenvalue weighted by atomic mass is 16.4. The molecule has 0 saturated heterocycles. The van der Waals surface area contributed by atoms with Crippen LogP contribution in [0.2, 0.25) is 0 Å². The summed E-state index contributed by atoms with van der Waals surface area (Å²) in [5.74, 6) is 0. The van der Waals surface area contributed by atoms with Gasteiger partial charge in [-0.15, -0.1) is 0 Å². The fourth-order valence-corrected chi connectivity index (χ4v) is 3.90. The van der Waals surface area contributed by atoms with Gasteiger partial charge in [0.2, 0.25) is 0 Å². The van der Waals surface area contributed by atoms with Crippen molar-refractivity contribution in [2.24, 2.45) is 0 Å². The van der Waals surface area contributed by atoms with Crippen LogP contribution in [0.5, 0.6) is 0 Å². The zero-order chi connectivity index (χ0) is 23.4. The molecule has 0 aliphatic heterocycles. The van der Waals surface area contributed by atoms with Gasteiger partial charge in [-0.2, -0.15) is 0 Å². The van der Waals surface area contributed by atoms with Gasteiger partial charge in [0.15, 0.2) is 6.29 Å². The van der Waals surface area contributed by atoms with E-state index < -0.39 is 30.5 Å². The van der Waals surface area contributed by atoms with E-state index in [0.29, 0.717) is 13.3 Å². The summed E-state index contributed by atoms with van der Waals surface area (Å²) in [6.45, 7) is -0.197. The Morgan fingerprint density at radius 1 is 0.767 bits per heavy atom. The number of rotatable bonds is 22. The van der Waals surface area contributed by atoms with Gasteiger partial charge in [-0.3, -0.25) is 0 Å². The molecular weight excluding hydrogens is 384 g/mol. The minimum absolute atomic E-state index is 0.0185. The molecule has 0 fully saturated rings. The van der Waals surface area contributed by atoms with Crippen molar-refractivity contribution in [3.8, 4) is 0 Å². The molecule has 0 heterocycles. The summed E-state index contributed by atoms with van der Waals surface area (Å²) >= 11 is 0. The topological polar surface area (TPSA) is 118 Å². The molecule has 0 aromatic carbocycles. The Bertz CT molecular complexity index is 412. The second-order valence-electron chi connectivity index (χ2n) is 8.67. The molecule has 6 heteroatoms. The third kappa shape index (κ3) is 13.0. The third-order valence-electron chi connectivity index (χ3n) is 6.03. The minimum Gasteiger partial charge on any atom is -0.394 e. The van der Waals surface area contributed by atoms with Crippen LogP contribution in [0.3, 0.4) is 0 Å². The lowest BCUT2D eigenvalue weighted by Crippen LogP contribution is -2.58. The summed E-state index contributed by atoms with van der Waals surface area (Å²) < 4.78 is 7.11. The van der Waals surface area contributed by atoms with Crippen molar-refractivity contribution < 1.29 is 31.7 Å². The molecular formula is C24H48O6. The van der Waals surface area contributed by atoms with E-state index >= 15 is 0 Å². The molecule has 0 aromatic heterocycles. The quantitative estimate of drug-likeness (QED) is 0.131. The number of aldehydes is 1. The summed E-state index contributed by atoms with van der Waals surface area (Å²) in [5, 5.41) is 48.7. The maximum Gasteiger partial charge on any atom is 0.151 e. The van der Waals surface area contributed by atoms with Gasteiger partial charge in [-0.25, -0.2) is 0 Å². The fourth-order valence-electron chi connectivity index (χ4n) is 3.90. The van der Waals surface area contributed by atoms with Crippen LogP contribution in [0.25, 0.3) is 0 Å². The lowest BCUT2D eigenvalue weighted by Gasteiger charge is -2.36. The number of aliphatic hydroxyl groups excluding tert-OH is 4. The maximum absolute atomic E-state index is 10.9. The first kappa shape index (κ1) is 27.5. The number of hydrogen-bond donors (Lipinski definition) is 5. The molecule has 0 spiro atoms. The average molecular weight is 434 g/mol. The summed E-state index contributed by atoms with van der Waals surface area (Å²) in [5.41, 5.74) is -2.15. The first-order valence-corrected chi connectivity index (χ1v) is 12.1. The van der Waals surface area contributed by atoms with E-state index in [0.717, 1.165) is 25.7 Å². The zero-order valence-electron chi connectivity index (χ0n) is 19.9. The van der Waals surface area contributed by atoms with Crippen molar-refractivity contribution in [2.45, 2.75) is 140 Å². The predicted octanol–water partition coefficient (Wildman–Crippen LogP) is 3.64. The molecule has 0 rings (SSSR count). The molecule has 0 amide bonds. The van der Waals surface area contributed by atoms with E-state index in [4.69, 9.17) is 6.48 Å². The van der Waals surface area contributed by atoms with Gasteiger partial charge in [0.1, 0.15) is 23.9 Å². The first-order valence-electron chi connectivity index (χ1n) is 12.8. The predicted molar refractivity (Wildman–Crippen MR) is 120 cm³/mol. The van der Waals surface area contributed by atoms with Crippen LogP contribution < -0.4 is 0 Å². The second-order valence-corrected chi connectivity index (χ2v) is 8.67. The van der Waals surface area contributed by atoms with E-state index in [1.807, 2.05) is 0 Å². The summed E-state index contributed by atoms with van der Waals surface area (Å²) in [7, 11) is 0. The lowest BCUT2D eigenvalue weighted by atomic mass is 9.83. The molecule has 6 nitrogen and oxygen atoms in total. The largest absolute Gasteiger partial charge is 0.394 e. The van der Waals surface area contributed by atoms with Gasteiger partial charge in [-0.05, 0) is 6.42 Å². The van der Waals surface area contributed by atoms with Crippen LogP contribution >= 0.6 is 0 Å². The molecule has 0 aromatic rings. The van der Waals surface area contributed by atoms with Crippen molar-refractivity contribution >= 4 is 6.29 Å². The van der Waals surface area contributed by atoms with E-state index in [1.54, 1.807) is 0 Å². The van der Waals surface area contributed by atoms with E-state index in [1.165, 1.54) is 70.6 Å². The zero-order valence-corrected chi connectivity index (χ0v) is 18.9. The fraction of sp³-hybridized carbons (Fsp3) is 0.958. The van der Waals surface area contributed by atoms with Gasteiger partial charge in [0.25, 0.3) is 0 Å². The number of hydrogen-bond acceptors (Lipinski definition) is 6. The van der Waals surface area contributed by atoms with E-state index in [2.05, 4.69) is 0 Å². The number of unbranched alkanes of at least 4 members (excludes halogenated alkanes) is 15. The van der Waals surface area contributed by atoms with Crippen molar-refractivity contribution in [2.75, 3.05) is 6.61 Å². The highest BCUT2D eigenvalue weighted by Gasteiger charge is 2.45. The lowest BCUT2D eigenvalue weighted by molar-refractivity contribution is -0.184. The van der Waals surface area contributed by atoms with Crippen LogP contribution in [0.4, 0.5) is 0 Å². The molecule has 30 heavy (non-hydrogen) atoms. The summed E-state index contributed by atoms with van der Waals surface area (Å²) in [4.78, 5) is 10.9. The molecule has 0 bridgehead atoms. The monoisotopic (exact) mass is 433 g/mol. The smallest absolute Gasteiger partial charge is 0.151 e. The molecule has 180 valence electrons. The summed E-state index contributed by atoms with van der Waals surface area (Å²) in [6.07, 6.45) is 13.4. The highest BCUT2D eigenvalue weighted by Crippen LogP contribution is 2.26. The molecule has 0 aliphatic carbocycles. The Balaban J connectivity index is 3.66. The molecule has 0 radical (unpaired) electrons. The number of carbonyl (C=O) groups excluding carboxylic acids is 1. The Morgan fingerprint density at radius 3 is 1.53 bits per heavy atom. The van der Waals surface area contributed by atoms with Crippen LogP contribution in [0.1, 0.15) is 117 Å². The van der Waals surface area contributed by atoms with Crippen molar-refractivity contribution in [1.29, 1.82) is 0 Å². The number of aliphatic hydroxyl groups is 5. The van der Waals surface area contributed by atoms with Crippen molar-refractivity contribution in [3.63, 3.8) is 0 Å². The van der Waals surface area contributed by atoms with E-state index in [9.17, 15) is 25.2 Å². The molecule has 5 N–H and O–H groups in total. The van der Waals surface area contributed by atoms with Crippen LogP contribution in [0, 0.1) is 0 Å². The highest BCUT2D eigenvalue weighted by molar-refractivity contribution is 5.58. The standard InChI is InChI=1S/C24H48O6/c1-2-3-4-5-6-7-8-9-10-11-12-13-14-15-16-17-18-24(30,22(28)20-26)23(29)21(27)19-25/h20-23,25,27-30H,2-19H2,1H3/t21-,22+,23-,24-/m1/s1/i1D. The van der Waals surface area contributed by atoms with Gasteiger partial charge in [0.05, 0.1) is 6.61 Å². The van der Waals surface area contributed by atoms with Crippen LogP contribution in [-0.4, -0.2) is 62.3 Å². The number of carbonyl (C=O) groups is 1.